The molecule has 5 heteroatoms. The van der Waals surface area contributed by atoms with Gasteiger partial charge in [0, 0.05) is 6.54 Å². The van der Waals surface area contributed by atoms with E-state index < -0.39 is 5.82 Å². The Kier molecular flexibility index (Phi) is 5.77. The van der Waals surface area contributed by atoms with Gasteiger partial charge < -0.3 is 14.8 Å². The maximum absolute atomic E-state index is 13.3. The minimum absolute atomic E-state index is 0.0745. The molecular formula is C17H18FNO3. The number of amides is 1. The lowest BCUT2D eigenvalue weighted by Crippen LogP contribution is -2.30. The number of ether oxygens (including phenoxy) is 2. The van der Waals surface area contributed by atoms with Crippen molar-refractivity contribution in [1.29, 1.82) is 0 Å². The first-order chi connectivity index (χ1) is 10.7. The van der Waals surface area contributed by atoms with Crippen molar-refractivity contribution in [1.82, 2.24) is 5.32 Å². The van der Waals surface area contributed by atoms with E-state index in [1.807, 2.05) is 24.3 Å². The molecule has 0 aromatic heterocycles. The van der Waals surface area contributed by atoms with Gasteiger partial charge >= 0.3 is 0 Å². The summed E-state index contributed by atoms with van der Waals surface area (Å²) in [4.78, 5) is 11.7. The molecule has 0 aliphatic carbocycles. The Labute approximate surface area is 128 Å². The van der Waals surface area contributed by atoms with Gasteiger partial charge in [-0.25, -0.2) is 4.39 Å². The lowest BCUT2D eigenvalue weighted by atomic mass is 10.1. The Morgan fingerprint density at radius 3 is 2.77 bits per heavy atom. The van der Waals surface area contributed by atoms with Crippen molar-refractivity contribution in [3.05, 3.63) is 59.9 Å². The first-order valence-corrected chi connectivity index (χ1v) is 6.96. The second-order valence-electron chi connectivity index (χ2n) is 4.67. The minimum atomic E-state index is -0.480. The van der Waals surface area contributed by atoms with Gasteiger partial charge in [-0.1, -0.05) is 24.3 Å². The van der Waals surface area contributed by atoms with Crippen LogP contribution in [0.4, 0.5) is 4.39 Å². The number of carbonyl (C=O) groups is 1. The number of carbonyl (C=O) groups excluding carboxylic acids is 1. The molecule has 0 heterocycles. The molecule has 0 fully saturated rings. The van der Waals surface area contributed by atoms with Crippen molar-refractivity contribution >= 4 is 5.91 Å². The van der Waals surface area contributed by atoms with Gasteiger partial charge in [0.25, 0.3) is 5.91 Å². The van der Waals surface area contributed by atoms with Crippen molar-refractivity contribution in [2.24, 2.45) is 0 Å². The highest BCUT2D eigenvalue weighted by atomic mass is 19.1. The van der Waals surface area contributed by atoms with Crippen LogP contribution in [0.3, 0.4) is 0 Å². The number of benzene rings is 2. The lowest BCUT2D eigenvalue weighted by molar-refractivity contribution is -0.123. The number of para-hydroxylation sites is 1. The Hall–Kier alpha value is -2.56. The fourth-order valence-corrected chi connectivity index (χ4v) is 1.93. The molecule has 2 aromatic carbocycles. The van der Waals surface area contributed by atoms with Gasteiger partial charge in [-0.3, -0.25) is 4.79 Å². The van der Waals surface area contributed by atoms with Gasteiger partial charge in [-0.2, -0.15) is 0 Å². The van der Waals surface area contributed by atoms with Gasteiger partial charge in [0.15, 0.2) is 18.2 Å². The van der Waals surface area contributed by atoms with Gasteiger partial charge in [0.2, 0.25) is 0 Å². The van der Waals surface area contributed by atoms with Crippen LogP contribution in [-0.2, 0) is 11.2 Å². The van der Waals surface area contributed by atoms with Crippen LogP contribution in [0.15, 0.2) is 48.5 Å². The summed E-state index contributed by atoms with van der Waals surface area (Å²) in [7, 11) is 1.61. The predicted octanol–water partition coefficient (Wildman–Crippen LogP) is 2.57. The van der Waals surface area contributed by atoms with E-state index in [1.54, 1.807) is 19.2 Å². The summed E-state index contributed by atoms with van der Waals surface area (Å²) in [6.45, 7) is 0.270. The van der Waals surface area contributed by atoms with Gasteiger partial charge in [0.1, 0.15) is 5.75 Å². The highest BCUT2D eigenvalue weighted by molar-refractivity contribution is 5.77. The molecule has 0 bridgehead atoms. The molecule has 4 nitrogen and oxygen atoms in total. The van der Waals surface area contributed by atoms with E-state index in [0.29, 0.717) is 13.0 Å². The molecule has 116 valence electrons. The minimum Gasteiger partial charge on any atom is -0.497 e. The number of hydrogen-bond acceptors (Lipinski definition) is 3. The van der Waals surface area contributed by atoms with Crippen LogP contribution >= 0.6 is 0 Å². The Balaban J connectivity index is 1.72. The van der Waals surface area contributed by atoms with Crippen LogP contribution in [0.5, 0.6) is 11.5 Å². The molecule has 0 saturated carbocycles. The van der Waals surface area contributed by atoms with E-state index >= 15 is 0 Å². The highest BCUT2D eigenvalue weighted by Crippen LogP contribution is 2.15. The fraction of sp³-hybridized carbons (Fsp3) is 0.235. The molecule has 0 spiro atoms. The quantitative estimate of drug-likeness (QED) is 0.855. The molecule has 2 aromatic rings. The fourth-order valence-electron chi connectivity index (χ4n) is 1.93. The van der Waals surface area contributed by atoms with Crippen LogP contribution in [0, 0.1) is 5.82 Å². The molecule has 0 radical (unpaired) electrons. The SMILES string of the molecule is COc1cccc(CCNC(=O)COc2ccccc2F)c1. The van der Waals surface area contributed by atoms with Crippen molar-refractivity contribution in [3.8, 4) is 11.5 Å². The molecule has 0 unspecified atom stereocenters. The number of nitrogens with one attached hydrogen (secondary N) is 1. The molecule has 0 atom stereocenters. The summed E-state index contributed by atoms with van der Waals surface area (Å²) in [5, 5.41) is 2.73. The lowest BCUT2D eigenvalue weighted by Gasteiger charge is -2.08. The summed E-state index contributed by atoms with van der Waals surface area (Å²) >= 11 is 0. The average Bonchev–Trinajstić information content (AvgIpc) is 2.54. The Morgan fingerprint density at radius 2 is 2.00 bits per heavy atom. The highest BCUT2D eigenvalue weighted by Gasteiger charge is 2.06. The van der Waals surface area contributed by atoms with Crippen LogP contribution in [0.1, 0.15) is 5.56 Å². The molecule has 2 rings (SSSR count). The van der Waals surface area contributed by atoms with Gasteiger partial charge in [-0.05, 0) is 36.2 Å². The largest absolute Gasteiger partial charge is 0.497 e. The van der Waals surface area contributed by atoms with E-state index in [2.05, 4.69) is 5.32 Å². The van der Waals surface area contributed by atoms with Crippen molar-refractivity contribution < 1.29 is 18.7 Å². The van der Waals surface area contributed by atoms with Crippen molar-refractivity contribution in [2.45, 2.75) is 6.42 Å². The molecule has 0 aliphatic rings. The third-order valence-corrected chi connectivity index (χ3v) is 3.07. The van der Waals surface area contributed by atoms with E-state index in [9.17, 15) is 9.18 Å². The summed E-state index contributed by atoms with van der Waals surface area (Å²) in [5.74, 6) is 0.0926. The second kappa shape index (κ2) is 8.02. The van der Waals surface area contributed by atoms with Crippen molar-refractivity contribution in [2.75, 3.05) is 20.3 Å². The maximum atomic E-state index is 13.3. The first-order valence-electron chi connectivity index (χ1n) is 6.96. The van der Waals surface area contributed by atoms with E-state index in [4.69, 9.17) is 9.47 Å². The smallest absolute Gasteiger partial charge is 0.257 e. The third-order valence-electron chi connectivity index (χ3n) is 3.07. The summed E-state index contributed by atoms with van der Waals surface area (Å²) in [5.41, 5.74) is 1.06. The number of methoxy groups -OCH3 is 1. The van der Waals surface area contributed by atoms with E-state index in [1.165, 1.54) is 12.1 Å². The van der Waals surface area contributed by atoms with Crippen LogP contribution in [0.2, 0.25) is 0 Å². The summed E-state index contributed by atoms with van der Waals surface area (Å²) in [6.07, 6.45) is 0.683. The molecular weight excluding hydrogens is 285 g/mol. The summed E-state index contributed by atoms with van der Waals surface area (Å²) in [6, 6.07) is 13.6. The monoisotopic (exact) mass is 303 g/mol. The maximum Gasteiger partial charge on any atom is 0.257 e. The average molecular weight is 303 g/mol. The predicted molar refractivity (Wildman–Crippen MR) is 81.6 cm³/mol. The van der Waals surface area contributed by atoms with Crippen LogP contribution in [-0.4, -0.2) is 26.2 Å². The van der Waals surface area contributed by atoms with E-state index in [-0.39, 0.29) is 18.3 Å². The Morgan fingerprint density at radius 1 is 1.18 bits per heavy atom. The van der Waals surface area contributed by atoms with Gasteiger partial charge in [0.05, 0.1) is 7.11 Å². The molecule has 1 amide bonds. The van der Waals surface area contributed by atoms with Crippen LogP contribution < -0.4 is 14.8 Å². The van der Waals surface area contributed by atoms with Crippen LogP contribution in [0.25, 0.3) is 0 Å². The number of halogens is 1. The normalized spacial score (nSPS) is 10.1. The molecule has 22 heavy (non-hydrogen) atoms. The zero-order valence-corrected chi connectivity index (χ0v) is 12.3. The zero-order chi connectivity index (χ0) is 15.8. The first kappa shape index (κ1) is 15.8. The van der Waals surface area contributed by atoms with Gasteiger partial charge in [-0.15, -0.1) is 0 Å². The number of hydrogen-bond donors (Lipinski definition) is 1. The topological polar surface area (TPSA) is 47.6 Å². The summed E-state index contributed by atoms with van der Waals surface area (Å²) < 4.78 is 23.6. The third kappa shape index (κ3) is 4.77. The standard InChI is InChI=1S/C17H18FNO3/c1-21-14-6-4-5-13(11-14)9-10-19-17(20)12-22-16-8-3-2-7-15(16)18/h2-8,11H,9-10,12H2,1H3,(H,19,20). The molecule has 1 N–H and O–H groups in total. The number of rotatable bonds is 7. The zero-order valence-electron chi connectivity index (χ0n) is 12.3. The molecule has 0 aliphatic heterocycles. The second-order valence-corrected chi connectivity index (χ2v) is 4.67. The Bertz CT molecular complexity index is 631. The molecule has 0 saturated heterocycles. The van der Waals surface area contributed by atoms with E-state index in [0.717, 1.165) is 11.3 Å². The van der Waals surface area contributed by atoms with Crippen molar-refractivity contribution in [3.63, 3.8) is 0 Å².